The van der Waals surface area contributed by atoms with Gasteiger partial charge in [-0.25, -0.2) is 0 Å². The molecule has 0 radical (unpaired) electrons. The third-order valence-electron chi connectivity index (χ3n) is 2.22. The predicted octanol–water partition coefficient (Wildman–Crippen LogP) is 1.44. The van der Waals surface area contributed by atoms with Crippen molar-refractivity contribution in [1.29, 1.82) is 0 Å². The van der Waals surface area contributed by atoms with Crippen molar-refractivity contribution >= 4 is 0 Å². The van der Waals surface area contributed by atoms with Crippen molar-refractivity contribution in [1.82, 2.24) is 0 Å². The molecule has 2 heterocycles. The topological polar surface area (TPSA) is 7.76 Å². The summed E-state index contributed by atoms with van der Waals surface area (Å²) in [4.78, 5) is 0. The van der Waals surface area contributed by atoms with Gasteiger partial charge < -0.3 is 0 Å². The van der Waals surface area contributed by atoms with Crippen molar-refractivity contribution < 1.29 is 9.13 Å². The minimum absolute atomic E-state index is 0.818. The Morgan fingerprint density at radius 1 is 1.00 bits per heavy atom. The van der Waals surface area contributed by atoms with E-state index in [2.05, 4.69) is 28.0 Å². The van der Waals surface area contributed by atoms with Crippen molar-refractivity contribution in [3.8, 4) is 5.82 Å². The maximum atomic E-state index is 3.76. The van der Waals surface area contributed by atoms with Crippen molar-refractivity contribution in [3.05, 3.63) is 67.6 Å². The molecule has 2 rings (SSSR count). The Hall–Kier alpha value is -1.96. The molecule has 2 heteroatoms. The Morgan fingerprint density at radius 3 is 2.47 bits per heavy atom. The fraction of sp³-hybridized carbons (Fsp3) is 0.0769. The van der Waals surface area contributed by atoms with Crippen molar-refractivity contribution in [2.45, 2.75) is 6.54 Å². The van der Waals surface area contributed by atoms with Crippen LogP contribution >= 0.6 is 0 Å². The zero-order chi connectivity index (χ0) is 10.5. The van der Waals surface area contributed by atoms with E-state index in [1.165, 1.54) is 0 Å². The smallest absolute Gasteiger partial charge is 0.139 e. The van der Waals surface area contributed by atoms with Crippen LogP contribution in [-0.2, 0) is 6.54 Å². The third-order valence-corrected chi connectivity index (χ3v) is 2.22. The summed E-state index contributed by atoms with van der Waals surface area (Å²) in [6.45, 7) is 4.58. The molecule has 0 atom stereocenters. The maximum Gasteiger partial charge on any atom is 0.449 e. The second-order valence-corrected chi connectivity index (χ2v) is 3.28. The Morgan fingerprint density at radius 2 is 1.73 bits per heavy atom. The first-order valence-electron chi connectivity index (χ1n) is 4.98. The van der Waals surface area contributed by atoms with E-state index < -0.39 is 0 Å². The molecule has 0 bridgehead atoms. The lowest BCUT2D eigenvalue weighted by atomic mass is 10.4. The summed E-state index contributed by atoms with van der Waals surface area (Å²) in [5.74, 6) is 1.14. The lowest BCUT2D eigenvalue weighted by molar-refractivity contribution is -0.787. The highest BCUT2D eigenvalue weighted by atomic mass is 15.1. The highest BCUT2D eigenvalue weighted by molar-refractivity contribution is 5.03. The standard InChI is InChI=1S/C13H14N2/c1-2-9-14-12-7-4-8-13(14)15-10-5-3-6-11-15/h2-8,10-12H,1,9H2/q+2. The lowest BCUT2D eigenvalue weighted by Crippen LogP contribution is -2.47. The Bertz CT molecular complexity index is 449. The first-order chi connectivity index (χ1) is 7.42. The van der Waals surface area contributed by atoms with Crippen LogP contribution in [0.5, 0.6) is 0 Å². The van der Waals surface area contributed by atoms with Crippen molar-refractivity contribution in [2.24, 2.45) is 0 Å². The molecule has 0 spiro atoms. The number of aromatic nitrogens is 2. The second kappa shape index (κ2) is 4.51. The van der Waals surface area contributed by atoms with Gasteiger partial charge in [0, 0.05) is 18.2 Å². The van der Waals surface area contributed by atoms with E-state index in [-0.39, 0.29) is 0 Å². The number of hydrogen-bond donors (Lipinski definition) is 0. The van der Waals surface area contributed by atoms with Crippen LogP contribution in [0, 0.1) is 0 Å². The van der Waals surface area contributed by atoms with E-state index in [1.54, 1.807) is 0 Å². The summed E-state index contributed by atoms with van der Waals surface area (Å²) < 4.78 is 4.23. The first-order valence-corrected chi connectivity index (χ1v) is 4.98. The van der Waals surface area contributed by atoms with Gasteiger partial charge in [0.1, 0.15) is 0 Å². The number of rotatable bonds is 3. The molecular formula is C13H14N2+2. The zero-order valence-electron chi connectivity index (χ0n) is 8.58. The third kappa shape index (κ3) is 2.10. The van der Waals surface area contributed by atoms with E-state index in [4.69, 9.17) is 0 Å². The minimum Gasteiger partial charge on any atom is -0.139 e. The van der Waals surface area contributed by atoms with Gasteiger partial charge in [-0.1, -0.05) is 12.6 Å². The average Bonchev–Trinajstić information content (AvgIpc) is 2.31. The van der Waals surface area contributed by atoms with Gasteiger partial charge in [-0.3, -0.25) is 0 Å². The summed E-state index contributed by atoms with van der Waals surface area (Å²) in [6, 6.07) is 12.2. The fourth-order valence-electron chi connectivity index (χ4n) is 1.55. The highest BCUT2D eigenvalue weighted by Crippen LogP contribution is 1.91. The van der Waals surface area contributed by atoms with Crippen LogP contribution < -0.4 is 9.13 Å². The van der Waals surface area contributed by atoms with Gasteiger partial charge >= 0.3 is 5.82 Å². The van der Waals surface area contributed by atoms with Crippen molar-refractivity contribution in [3.63, 3.8) is 0 Å². The molecule has 0 aliphatic rings. The van der Waals surface area contributed by atoms with Crippen LogP contribution in [0.1, 0.15) is 0 Å². The molecular weight excluding hydrogens is 184 g/mol. The fourth-order valence-corrected chi connectivity index (χ4v) is 1.55. The van der Waals surface area contributed by atoms with Crippen LogP contribution in [0.2, 0.25) is 0 Å². The summed E-state index contributed by atoms with van der Waals surface area (Å²) in [5, 5.41) is 0. The van der Waals surface area contributed by atoms with E-state index in [1.807, 2.05) is 48.8 Å². The van der Waals surface area contributed by atoms with Crippen LogP contribution in [0.4, 0.5) is 0 Å². The largest absolute Gasteiger partial charge is 0.449 e. The lowest BCUT2D eigenvalue weighted by Gasteiger charge is -1.95. The van der Waals surface area contributed by atoms with E-state index in [0.717, 1.165) is 12.4 Å². The molecule has 2 aromatic rings. The molecule has 0 N–H and O–H groups in total. The minimum atomic E-state index is 0.818. The molecule has 2 aromatic heterocycles. The molecule has 0 aliphatic heterocycles. The first kappa shape index (κ1) is 9.59. The van der Waals surface area contributed by atoms with Crippen LogP contribution in [0.3, 0.4) is 0 Å². The van der Waals surface area contributed by atoms with E-state index in [0.29, 0.717) is 0 Å². The second-order valence-electron chi connectivity index (χ2n) is 3.28. The number of nitrogens with zero attached hydrogens (tertiary/aromatic N) is 2. The van der Waals surface area contributed by atoms with Gasteiger partial charge in [0.05, 0.1) is 6.07 Å². The summed E-state index contributed by atoms with van der Waals surface area (Å²) in [6.07, 6.45) is 8.02. The van der Waals surface area contributed by atoms with Crippen LogP contribution in [0.15, 0.2) is 67.6 Å². The average molecular weight is 198 g/mol. The van der Waals surface area contributed by atoms with Crippen LogP contribution in [0.25, 0.3) is 5.82 Å². The SMILES string of the molecule is C=CC[n+]1ccccc1-[n+]1ccccc1. The molecule has 15 heavy (non-hydrogen) atoms. The molecule has 0 saturated heterocycles. The molecule has 0 aromatic carbocycles. The van der Waals surface area contributed by atoms with Gasteiger partial charge in [-0.15, -0.1) is 9.13 Å². The molecule has 0 amide bonds. The zero-order valence-corrected chi connectivity index (χ0v) is 8.58. The van der Waals surface area contributed by atoms with E-state index in [9.17, 15) is 0 Å². The van der Waals surface area contributed by atoms with Gasteiger partial charge in [-0.05, 0) is 12.1 Å². The number of allylic oxidation sites excluding steroid dienone is 1. The van der Waals surface area contributed by atoms with Gasteiger partial charge in [0.25, 0.3) is 0 Å². The summed E-state index contributed by atoms with van der Waals surface area (Å²) in [7, 11) is 0. The molecule has 0 unspecified atom stereocenters. The normalized spacial score (nSPS) is 9.87. The molecule has 74 valence electrons. The maximum absolute atomic E-state index is 3.76. The van der Waals surface area contributed by atoms with Gasteiger partial charge in [-0.2, -0.15) is 0 Å². The molecule has 2 nitrogen and oxygen atoms in total. The van der Waals surface area contributed by atoms with Gasteiger partial charge in [0.15, 0.2) is 25.1 Å². The quantitative estimate of drug-likeness (QED) is 0.521. The summed E-state index contributed by atoms with van der Waals surface area (Å²) in [5.41, 5.74) is 0. The highest BCUT2D eigenvalue weighted by Gasteiger charge is 2.16. The van der Waals surface area contributed by atoms with Crippen molar-refractivity contribution in [2.75, 3.05) is 0 Å². The number of hydrogen-bond acceptors (Lipinski definition) is 0. The van der Waals surface area contributed by atoms with E-state index >= 15 is 0 Å². The monoisotopic (exact) mass is 198 g/mol. The molecule has 0 fully saturated rings. The summed E-state index contributed by atoms with van der Waals surface area (Å²) >= 11 is 0. The number of pyridine rings is 2. The molecule has 0 aliphatic carbocycles. The predicted molar refractivity (Wildman–Crippen MR) is 58.4 cm³/mol. The molecule has 0 saturated carbocycles. The van der Waals surface area contributed by atoms with Gasteiger partial charge in [0.2, 0.25) is 0 Å². The van der Waals surface area contributed by atoms with Crippen LogP contribution in [-0.4, -0.2) is 0 Å². The Kier molecular flexibility index (Phi) is 2.88. The Balaban J connectivity index is 2.48. The Labute approximate surface area is 89.8 Å².